The van der Waals surface area contributed by atoms with Gasteiger partial charge in [0.2, 0.25) is 0 Å². The van der Waals surface area contributed by atoms with Crippen LogP contribution in [0.4, 0.5) is 14.5 Å². The van der Waals surface area contributed by atoms with Crippen molar-refractivity contribution in [3.8, 4) is 0 Å². The molecule has 0 spiro atoms. The van der Waals surface area contributed by atoms with E-state index in [1.54, 1.807) is 0 Å². The zero-order chi connectivity index (χ0) is 13.8. The van der Waals surface area contributed by atoms with Crippen molar-refractivity contribution in [2.45, 2.75) is 6.10 Å². The Balaban J connectivity index is 2.01. The first-order valence-corrected chi connectivity index (χ1v) is 6.76. The molecule has 1 unspecified atom stereocenters. The van der Waals surface area contributed by atoms with Crippen LogP contribution in [0, 0.1) is 15.2 Å². The molecule has 19 heavy (non-hydrogen) atoms. The third-order valence-corrected chi connectivity index (χ3v) is 3.32. The van der Waals surface area contributed by atoms with Crippen LogP contribution in [0.1, 0.15) is 11.7 Å². The number of aliphatic hydroxyl groups excluding tert-OH is 1. The number of benzene rings is 2. The van der Waals surface area contributed by atoms with Crippen LogP contribution in [-0.4, -0.2) is 11.7 Å². The van der Waals surface area contributed by atoms with Crippen molar-refractivity contribution in [3.05, 3.63) is 63.2 Å². The van der Waals surface area contributed by atoms with Gasteiger partial charge in [0.15, 0.2) is 11.6 Å². The van der Waals surface area contributed by atoms with Gasteiger partial charge in [0, 0.05) is 15.8 Å². The van der Waals surface area contributed by atoms with Gasteiger partial charge in [0.1, 0.15) is 0 Å². The number of nitrogens with one attached hydrogen (secondary N) is 1. The number of rotatable bonds is 4. The number of hydrogen-bond acceptors (Lipinski definition) is 2. The lowest BCUT2D eigenvalue weighted by atomic mass is 10.1. The molecule has 5 heteroatoms. The Kier molecular flexibility index (Phi) is 4.71. The summed E-state index contributed by atoms with van der Waals surface area (Å²) in [6, 6.07) is 11.1. The number of anilines is 1. The SMILES string of the molecule is OC(CNc1cccc(I)c1)c1ccc(F)c(F)c1. The maximum atomic E-state index is 13.0. The fraction of sp³-hybridized carbons (Fsp3) is 0.143. The first-order valence-electron chi connectivity index (χ1n) is 5.69. The molecule has 2 nitrogen and oxygen atoms in total. The van der Waals surface area contributed by atoms with Crippen molar-refractivity contribution in [1.82, 2.24) is 0 Å². The molecule has 0 aliphatic carbocycles. The van der Waals surface area contributed by atoms with Gasteiger partial charge in [-0.05, 0) is 58.5 Å². The van der Waals surface area contributed by atoms with E-state index < -0.39 is 17.7 Å². The van der Waals surface area contributed by atoms with Crippen molar-refractivity contribution in [2.75, 3.05) is 11.9 Å². The van der Waals surface area contributed by atoms with Gasteiger partial charge in [-0.3, -0.25) is 0 Å². The van der Waals surface area contributed by atoms with Crippen LogP contribution >= 0.6 is 22.6 Å². The van der Waals surface area contributed by atoms with Gasteiger partial charge >= 0.3 is 0 Å². The Morgan fingerprint density at radius 1 is 1.11 bits per heavy atom. The van der Waals surface area contributed by atoms with Crippen LogP contribution < -0.4 is 5.32 Å². The Morgan fingerprint density at radius 3 is 2.58 bits per heavy atom. The van der Waals surface area contributed by atoms with Crippen molar-refractivity contribution in [2.24, 2.45) is 0 Å². The Morgan fingerprint density at radius 2 is 1.89 bits per heavy atom. The van der Waals surface area contributed by atoms with Crippen LogP contribution in [-0.2, 0) is 0 Å². The smallest absolute Gasteiger partial charge is 0.159 e. The molecule has 2 aromatic rings. The van der Waals surface area contributed by atoms with E-state index in [4.69, 9.17) is 0 Å². The van der Waals surface area contributed by atoms with E-state index in [0.717, 1.165) is 21.4 Å². The molecule has 0 saturated carbocycles. The molecule has 0 aromatic heterocycles. The molecule has 0 heterocycles. The van der Waals surface area contributed by atoms with E-state index in [-0.39, 0.29) is 6.54 Å². The normalized spacial score (nSPS) is 12.2. The molecule has 0 amide bonds. The lowest BCUT2D eigenvalue weighted by Gasteiger charge is -2.13. The van der Waals surface area contributed by atoms with Crippen molar-refractivity contribution < 1.29 is 13.9 Å². The monoisotopic (exact) mass is 375 g/mol. The summed E-state index contributed by atoms with van der Waals surface area (Å²) in [6.45, 7) is 0.227. The van der Waals surface area contributed by atoms with Crippen molar-refractivity contribution >= 4 is 28.3 Å². The molecule has 1 atom stereocenters. The van der Waals surface area contributed by atoms with Crippen LogP contribution in [0.15, 0.2) is 42.5 Å². The average molecular weight is 375 g/mol. The molecule has 2 N–H and O–H groups in total. The standard InChI is InChI=1S/C14H12F2INO/c15-12-5-4-9(6-13(12)16)14(19)8-18-11-3-1-2-10(17)7-11/h1-7,14,18-19H,8H2. The number of halogens is 3. The van der Waals surface area contributed by atoms with E-state index in [1.165, 1.54) is 6.07 Å². The minimum atomic E-state index is -0.953. The molecule has 0 fully saturated rings. The van der Waals surface area contributed by atoms with E-state index in [0.29, 0.717) is 5.56 Å². The molecule has 2 rings (SSSR count). The first-order chi connectivity index (χ1) is 9.06. The van der Waals surface area contributed by atoms with E-state index >= 15 is 0 Å². The van der Waals surface area contributed by atoms with Gasteiger partial charge in [-0.25, -0.2) is 8.78 Å². The number of aliphatic hydroxyl groups is 1. The second kappa shape index (κ2) is 6.29. The molecule has 0 bridgehead atoms. The molecule has 2 aromatic carbocycles. The third-order valence-electron chi connectivity index (χ3n) is 2.65. The Bertz CT molecular complexity index is 577. The highest BCUT2D eigenvalue weighted by atomic mass is 127. The molecule has 0 saturated heterocycles. The maximum Gasteiger partial charge on any atom is 0.159 e. The largest absolute Gasteiger partial charge is 0.387 e. The summed E-state index contributed by atoms with van der Waals surface area (Å²) in [5.41, 5.74) is 1.21. The fourth-order valence-electron chi connectivity index (χ4n) is 1.65. The molecular formula is C14H12F2INO. The van der Waals surface area contributed by atoms with Crippen LogP contribution in [0.2, 0.25) is 0 Å². The zero-order valence-electron chi connectivity index (χ0n) is 9.91. The Hall–Kier alpha value is -1.21. The molecule has 100 valence electrons. The van der Waals surface area contributed by atoms with Crippen LogP contribution in [0.5, 0.6) is 0 Å². The van der Waals surface area contributed by atoms with Gasteiger partial charge in [0.05, 0.1) is 6.10 Å². The zero-order valence-corrected chi connectivity index (χ0v) is 12.1. The van der Waals surface area contributed by atoms with E-state index in [1.807, 2.05) is 24.3 Å². The predicted molar refractivity (Wildman–Crippen MR) is 79.0 cm³/mol. The van der Waals surface area contributed by atoms with Gasteiger partial charge in [-0.2, -0.15) is 0 Å². The highest BCUT2D eigenvalue weighted by Crippen LogP contribution is 2.18. The maximum absolute atomic E-state index is 13.0. The van der Waals surface area contributed by atoms with Gasteiger partial charge in [0.25, 0.3) is 0 Å². The summed E-state index contributed by atoms with van der Waals surface area (Å²) in [6.07, 6.45) is -0.895. The first kappa shape index (κ1) is 14.2. The second-order valence-corrected chi connectivity index (χ2v) is 5.33. The second-order valence-electron chi connectivity index (χ2n) is 4.08. The van der Waals surface area contributed by atoms with Crippen molar-refractivity contribution in [3.63, 3.8) is 0 Å². The van der Waals surface area contributed by atoms with E-state index in [2.05, 4.69) is 27.9 Å². The molecule has 0 aliphatic heterocycles. The lowest BCUT2D eigenvalue weighted by molar-refractivity contribution is 0.191. The molecular weight excluding hydrogens is 363 g/mol. The minimum absolute atomic E-state index is 0.227. The average Bonchev–Trinajstić information content (AvgIpc) is 2.39. The predicted octanol–water partition coefficient (Wildman–Crippen LogP) is 3.71. The van der Waals surface area contributed by atoms with Gasteiger partial charge < -0.3 is 10.4 Å². The molecule has 0 radical (unpaired) electrons. The van der Waals surface area contributed by atoms with E-state index in [9.17, 15) is 13.9 Å². The quantitative estimate of drug-likeness (QED) is 0.799. The lowest BCUT2D eigenvalue weighted by Crippen LogP contribution is -2.12. The number of hydrogen-bond donors (Lipinski definition) is 2. The van der Waals surface area contributed by atoms with Crippen LogP contribution in [0.25, 0.3) is 0 Å². The topological polar surface area (TPSA) is 32.3 Å². The summed E-state index contributed by atoms with van der Waals surface area (Å²) in [4.78, 5) is 0. The fourth-order valence-corrected chi connectivity index (χ4v) is 2.19. The minimum Gasteiger partial charge on any atom is -0.387 e. The molecule has 0 aliphatic rings. The van der Waals surface area contributed by atoms with Gasteiger partial charge in [-0.1, -0.05) is 12.1 Å². The highest BCUT2D eigenvalue weighted by molar-refractivity contribution is 14.1. The summed E-state index contributed by atoms with van der Waals surface area (Å²) in [7, 11) is 0. The van der Waals surface area contributed by atoms with Crippen molar-refractivity contribution in [1.29, 1.82) is 0 Å². The van der Waals surface area contributed by atoms with Crippen LogP contribution in [0.3, 0.4) is 0 Å². The highest BCUT2D eigenvalue weighted by Gasteiger charge is 2.10. The summed E-state index contributed by atoms with van der Waals surface area (Å²) >= 11 is 2.19. The Labute approximate surface area is 123 Å². The van der Waals surface area contributed by atoms with Gasteiger partial charge in [-0.15, -0.1) is 0 Å². The third kappa shape index (κ3) is 3.87. The summed E-state index contributed by atoms with van der Waals surface area (Å²) < 4.78 is 26.9. The summed E-state index contributed by atoms with van der Waals surface area (Å²) in [5, 5.41) is 13.0. The summed E-state index contributed by atoms with van der Waals surface area (Å²) in [5.74, 6) is -1.87.